The summed E-state index contributed by atoms with van der Waals surface area (Å²) in [7, 11) is 2.01. The van der Waals surface area contributed by atoms with Gasteiger partial charge in [0.25, 0.3) is 0 Å². The molecule has 4 heteroatoms. The smallest absolute Gasteiger partial charge is 0.0410 e. The maximum absolute atomic E-state index is 4.24. The number of nitrogens with zero attached hydrogens (tertiary/aromatic N) is 1. The first-order valence-corrected chi connectivity index (χ1v) is 8.24. The fourth-order valence-corrected chi connectivity index (χ4v) is 3.04. The van der Waals surface area contributed by atoms with Crippen LogP contribution in [0, 0.1) is 5.92 Å². The van der Waals surface area contributed by atoms with Crippen molar-refractivity contribution in [2.75, 3.05) is 13.6 Å². The van der Waals surface area contributed by atoms with Crippen LogP contribution in [-0.2, 0) is 12.8 Å². The van der Waals surface area contributed by atoms with Gasteiger partial charge < -0.3 is 5.32 Å². The van der Waals surface area contributed by atoms with Crippen molar-refractivity contribution in [1.82, 2.24) is 10.3 Å². The van der Waals surface area contributed by atoms with E-state index in [0.29, 0.717) is 5.92 Å². The summed E-state index contributed by atoms with van der Waals surface area (Å²) in [5.41, 5.74) is 2.65. The van der Waals surface area contributed by atoms with Crippen LogP contribution in [0.25, 0.3) is 0 Å². The van der Waals surface area contributed by atoms with E-state index in [1.807, 2.05) is 19.4 Å². The molecule has 0 spiro atoms. The number of pyridine rings is 1. The van der Waals surface area contributed by atoms with Gasteiger partial charge in [-0.1, -0.05) is 28.1 Å². The van der Waals surface area contributed by atoms with Crippen molar-refractivity contribution in [1.29, 1.82) is 0 Å². The van der Waals surface area contributed by atoms with Gasteiger partial charge in [0.1, 0.15) is 0 Å². The first kappa shape index (κ1) is 15.7. The minimum atomic E-state index is 0.567. The van der Waals surface area contributed by atoms with E-state index < -0.39 is 0 Å². The van der Waals surface area contributed by atoms with Gasteiger partial charge in [-0.25, -0.2) is 0 Å². The molecular weight excluding hydrogens is 380 g/mol. The molecule has 0 saturated carbocycles. The van der Waals surface area contributed by atoms with Crippen LogP contribution in [0.1, 0.15) is 11.1 Å². The van der Waals surface area contributed by atoms with Crippen molar-refractivity contribution in [3.05, 3.63) is 62.8 Å². The van der Waals surface area contributed by atoms with E-state index in [0.717, 1.165) is 28.3 Å². The summed E-state index contributed by atoms with van der Waals surface area (Å²) in [5.74, 6) is 0.567. The lowest BCUT2D eigenvalue weighted by Gasteiger charge is -2.17. The Bertz CT molecular complexity index is 540. The standard InChI is InChI=1S/C16H18Br2N2/c1-19-9-13(6-12-2-4-15(17)5-3-12)7-14-8-16(18)11-20-10-14/h2-5,8,10-11,13,19H,6-7,9H2,1H3. The molecule has 0 aliphatic carbocycles. The fourth-order valence-electron chi connectivity index (χ4n) is 2.36. The predicted octanol–water partition coefficient (Wildman–Crippen LogP) is 4.23. The highest BCUT2D eigenvalue weighted by Crippen LogP contribution is 2.18. The van der Waals surface area contributed by atoms with Crippen molar-refractivity contribution < 1.29 is 0 Å². The minimum absolute atomic E-state index is 0.567. The third-order valence-corrected chi connectivity index (χ3v) is 4.18. The lowest BCUT2D eigenvalue weighted by Crippen LogP contribution is -2.22. The van der Waals surface area contributed by atoms with Crippen molar-refractivity contribution in [3.8, 4) is 0 Å². The van der Waals surface area contributed by atoms with Crippen molar-refractivity contribution in [2.45, 2.75) is 12.8 Å². The molecule has 0 aliphatic rings. The zero-order valence-corrected chi connectivity index (χ0v) is 14.6. The highest BCUT2D eigenvalue weighted by Gasteiger charge is 2.11. The van der Waals surface area contributed by atoms with Gasteiger partial charge in [0, 0.05) is 21.3 Å². The lowest BCUT2D eigenvalue weighted by molar-refractivity contribution is 0.492. The zero-order valence-electron chi connectivity index (χ0n) is 11.4. The molecule has 0 amide bonds. The Balaban J connectivity index is 2.05. The summed E-state index contributed by atoms with van der Waals surface area (Å²) in [6.45, 7) is 1.00. The minimum Gasteiger partial charge on any atom is -0.319 e. The van der Waals surface area contributed by atoms with Gasteiger partial charge in [-0.05, 0) is 77.6 Å². The largest absolute Gasteiger partial charge is 0.319 e. The molecule has 1 heterocycles. The normalized spacial score (nSPS) is 12.3. The quantitative estimate of drug-likeness (QED) is 0.788. The number of halogens is 2. The molecule has 2 aromatic rings. The maximum Gasteiger partial charge on any atom is 0.0410 e. The summed E-state index contributed by atoms with van der Waals surface area (Å²) in [4.78, 5) is 4.24. The second-order valence-electron chi connectivity index (χ2n) is 4.97. The molecule has 20 heavy (non-hydrogen) atoms. The third kappa shape index (κ3) is 5.00. The Morgan fingerprint density at radius 2 is 1.70 bits per heavy atom. The van der Waals surface area contributed by atoms with Crippen molar-refractivity contribution in [3.63, 3.8) is 0 Å². The van der Waals surface area contributed by atoms with Gasteiger partial charge in [-0.15, -0.1) is 0 Å². The van der Waals surface area contributed by atoms with E-state index in [-0.39, 0.29) is 0 Å². The Kier molecular flexibility index (Phi) is 6.20. The molecule has 1 aromatic heterocycles. The number of benzene rings is 1. The summed E-state index contributed by atoms with van der Waals surface area (Å²) in [6, 6.07) is 10.7. The molecule has 0 bridgehead atoms. The van der Waals surface area contributed by atoms with Crippen molar-refractivity contribution >= 4 is 31.9 Å². The van der Waals surface area contributed by atoms with E-state index in [2.05, 4.69) is 72.5 Å². The summed E-state index contributed by atoms with van der Waals surface area (Å²) in [6.07, 6.45) is 5.88. The van der Waals surface area contributed by atoms with Crippen LogP contribution in [0.15, 0.2) is 51.7 Å². The van der Waals surface area contributed by atoms with Crippen molar-refractivity contribution in [2.24, 2.45) is 5.92 Å². The number of aromatic nitrogens is 1. The van der Waals surface area contributed by atoms with E-state index in [1.165, 1.54) is 11.1 Å². The molecule has 1 atom stereocenters. The van der Waals surface area contributed by atoms with Gasteiger partial charge >= 0.3 is 0 Å². The molecule has 0 aliphatic heterocycles. The van der Waals surface area contributed by atoms with Crippen LogP contribution >= 0.6 is 31.9 Å². The average Bonchev–Trinajstić information content (AvgIpc) is 2.42. The zero-order chi connectivity index (χ0) is 14.4. The maximum atomic E-state index is 4.24. The second kappa shape index (κ2) is 7.91. The topological polar surface area (TPSA) is 24.9 Å². The molecular formula is C16H18Br2N2. The molecule has 0 fully saturated rings. The van der Waals surface area contributed by atoms with E-state index >= 15 is 0 Å². The highest BCUT2D eigenvalue weighted by atomic mass is 79.9. The van der Waals surface area contributed by atoms with Crippen LogP contribution in [0.5, 0.6) is 0 Å². The van der Waals surface area contributed by atoms with Crippen LogP contribution < -0.4 is 5.32 Å². The lowest BCUT2D eigenvalue weighted by atomic mass is 9.93. The molecule has 1 N–H and O–H groups in total. The Morgan fingerprint density at radius 3 is 2.35 bits per heavy atom. The van der Waals surface area contributed by atoms with Crippen LogP contribution in [0.4, 0.5) is 0 Å². The van der Waals surface area contributed by atoms with Crippen LogP contribution in [-0.4, -0.2) is 18.6 Å². The van der Waals surface area contributed by atoms with Gasteiger partial charge in [0.2, 0.25) is 0 Å². The molecule has 0 radical (unpaired) electrons. The fraction of sp³-hybridized carbons (Fsp3) is 0.312. The third-order valence-electron chi connectivity index (χ3n) is 3.22. The Morgan fingerprint density at radius 1 is 1.00 bits per heavy atom. The Hall–Kier alpha value is -0.710. The van der Waals surface area contributed by atoms with E-state index in [4.69, 9.17) is 0 Å². The number of hydrogen-bond acceptors (Lipinski definition) is 2. The van der Waals surface area contributed by atoms with Crippen LogP contribution in [0.3, 0.4) is 0 Å². The first-order valence-electron chi connectivity index (χ1n) is 6.66. The second-order valence-corrected chi connectivity index (χ2v) is 6.80. The SMILES string of the molecule is CNCC(Cc1ccc(Br)cc1)Cc1cncc(Br)c1. The van der Waals surface area contributed by atoms with Gasteiger partial charge in [-0.2, -0.15) is 0 Å². The average molecular weight is 398 g/mol. The molecule has 2 nitrogen and oxygen atoms in total. The van der Waals surface area contributed by atoms with E-state index in [9.17, 15) is 0 Å². The highest BCUT2D eigenvalue weighted by molar-refractivity contribution is 9.10. The predicted molar refractivity (Wildman–Crippen MR) is 90.9 cm³/mol. The number of hydrogen-bond donors (Lipinski definition) is 1. The van der Waals surface area contributed by atoms with Gasteiger partial charge in [0.15, 0.2) is 0 Å². The summed E-state index contributed by atoms with van der Waals surface area (Å²) in [5, 5.41) is 3.29. The van der Waals surface area contributed by atoms with Gasteiger partial charge in [0.05, 0.1) is 0 Å². The first-order chi connectivity index (χ1) is 9.67. The molecule has 1 unspecified atom stereocenters. The molecule has 2 rings (SSSR count). The summed E-state index contributed by atoms with van der Waals surface area (Å²) < 4.78 is 2.17. The number of rotatable bonds is 6. The molecule has 106 valence electrons. The molecule has 0 saturated heterocycles. The Labute approximate surface area is 137 Å². The summed E-state index contributed by atoms with van der Waals surface area (Å²) >= 11 is 6.96. The number of nitrogens with one attached hydrogen (secondary N) is 1. The monoisotopic (exact) mass is 396 g/mol. The van der Waals surface area contributed by atoms with Crippen LogP contribution in [0.2, 0.25) is 0 Å². The van der Waals surface area contributed by atoms with Gasteiger partial charge in [-0.3, -0.25) is 4.98 Å². The molecule has 1 aromatic carbocycles. The van der Waals surface area contributed by atoms with E-state index in [1.54, 1.807) is 0 Å².